The lowest BCUT2D eigenvalue weighted by Crippen LogP contribution is -2.18. The number of nitrogens with one attached hydrogen (secondary N) is 2. The van der Waals surface area contributed by atoms with E-state index in [1.165, 1.54) is 0 Å². The van der Waals surface area contributed by atoms with Crippen LogP contribution in [0, 0.1) is 13.8 Å². The average Bonchev–Trinajstić information content (AvgIpc) is 3.06. The predicted molar refractivity (Wildman–Crippen MR) is 129 cm³/mol. The fraction of sp³-hybridized carbons (Fsp3) is 0.120. The number of carbonyl (C=O) groups is 1. The van der Waals surface area contributed by atoms with Crippen molar-refractivity contribution in [1.82, 2.24) is 4.98 Å². The van der Waals surface area contributed by atoms with Gasteiger partial charge in [-0.25, -0.2) is 0 Å². The molecule has 2 aromatic heterocycles. The Morgan fingerprint density at radius 1 is 1.00 bits per heavy atom. The lowest BCUT2D eigenvalue weighted by molar-refractivity contribution is 0.102. The zero-order valence-corrected chi connectivity index (χ0v) is 18.8. The number of benzene rings is 2. The Labute approximate surface area is 190 Å². The number of carbonyl (C=O) groups excluding carboxylic acids is 1. The summed E-state index contributed by atoms with van der Waals surface area (Å²) >= 11 is 7.79. The second kappa shape index (κ2) is 9.33. The number of hydrogen-bond donors (Lipinski definition) is 2. The Bertz CT molecular complexity index is 1190. The summed E-state index contributed by atoms with van der Waals surface area (Å²) in [4.78, 5) is 18.6. The summed E-state index contributed by atoms with van der Waals surface area (Å²) in [5.41, 5.74) is 4.49. The van der Waals surface area contributed by atoms with Gasteiger partial charge < -0.3 is 10.6 Å². The highest BCUT2D eigenvalue weighted by molar-refractivity contribution is 7.16. The molecule has 6 heteroatoms. The second-order valence-electron chi connectivity index (χ2n) is 7.19. The van der Waals surface area contributed by atoms with Crippen molar-refractivity contribution in [3.8, 4) is 0 Å². The predicted octanol–water partition coefficient (Wildman–Crippen LogP) is 6.87. The number of anilines is 2. The van der Waals surface area contributed by atoms with E-state index in [-0.39, 0.29) is 11.9 Å². The molecule has 0 aliphatic rings. The van der Waals surface area contributed by atoms with Crippen molar-refractivity contribution in [2.45, 2.75) is 19.9 Å². The van der Waals surface area contributed by atoms with Crippen molar-refractivity contribution >= 4 is 39.5 Å². The van der Waals surface area contributed by atoms with Crippen LogP contribution in [0.25, 0.3) is 0 Å². The van der Waals surface area contributed by atoms with Gasteiger partial charge in [0.25, 0.3) is 5.91 Å². The molecule has 4 nitrogen and oxygen atoms in total. The number of rotatable bonds is 6. The molecule has 1 amide bonds. The Balaban J connectivity index is 1.76. The first-order valence-corrected chi connectivity index (χ1v) is 11.1. The summed E-state index contributed by atoms with van der Waals surface area (Å²) in [5.74, 6) is -0.134. The second-order valence-corrected chi connectivity index (χ2v) is 8.85. The van der Waals surface area contributed by atoms with E-state index in [4.69, 9.17) is 11.6 Å². The third-order valence-electron chi connectivity index (χ3n) is 5.10. The topological polar surface area (TPSA) is 54.0 Å². The molecule has 0 aliphatic heterocycles. The van der Waals surface area contributed by atoms with Crippen molar-refractivity contribution in [3.05, 3.63) is 111 Å². The maximum Gasteiger partial charge on any atom is 0.256 e. The van der Waals surface area contributed by atoms with Gasteiger partial charge in [0.05, 0.1) is 11.7 Å². The smallest absolute Gasteiger partial charge is 0.256 e. The molecule has 0 bridgehead atoms. The normalized spacial score (nSPS) is 11.7. The van der Waals surface area contributed by atoms with Crippen molar-refractivity contribution in [3.63, 3.8) is 0 Å². The Kier molecular flexibility index (Phi) is 6.35. The molecular formula is C25H22ClN3OS. The summed E-state index contributed by atoms with van der Waals surface area (Å²) in [6, 6.07) is 22.4. The van der Waals surface area contributed by atoms with Crippen molar-refractivity contribution in [1.29, 1.82) is 0 Å². The summed E-state index contributed by atoms with van der Waals surface area (Å²) in [5, 5.41) is 8.16. The summed E-state index contributed by atoms with van der Waals surface area (Å²) in [7, 11) is 0. The van der Waals surface area contributed by atoms with Crippen LogP contribution in [-0.4, -0.2) is 10.9 Å². The van der Waals surface area contributed by atoms with Gasteiger partial charge in [0.2, 0.25) is 0 Å². The third-order valence-corrected chi connectivity index (χ3v) is 6.48. The zero-order valence-electron chi connectivity index (χ0n) is 17.2. The van der Waals surface area contributed by atoms with Gasteiger partial charge in [-0.3, -0.25) is 9.78 Å². The molecule has 2 heterocycles. The number of aromatic nitrogens is 1. The minimum absolute atomic E-state index is 0.134. The molecule has 2 aromatic carbocycles. The van der Waals surface area contributed by atoms with E-state index in [9.17, 15) is 4.79 Å². The van der Waals surface area contributed by atoms with Crippen LogP contribution in [0.5, 0.6) is 0 Å². The zero-order chi connectivity index (χ0) is 21.8. The molecule has 156 valence electrons. The fourth-order valence-electron chi connectivity index (χ4n) is 3.44. The van der Waals surface area contributed by atoms with Crippen LogP contribution in [0.15, 0.2) is 79.0 Å². The van der Waals surface area contributed by atoms with E-state index >= 15 is 0 Å². The summed E-state index contributed by atoms with van der Waals surface area (Å²) in [6.07, 6.45) is 1.78. The molecule has 31 heavy (non-hydrogen) atoms. The van der Waals surface area contributed by atoms with Gasteiger partial charge in [-0.15, -0.1) is 11.3 Å². The number of halogens is 1. The van der Waals surface area contributed by atoms with Gasteiger partial charge >= 0.3 is 0 Å². The standard InChI is InChI=1S/C25H22ClN3OS/c1-16-17(2)31-25(29-24(30)18-9-4-3-5-10-18)22(16)23(21-13-6-7-14-27-21)28-20-12-8-11-19(26)15-20/h3-15,23,28H,1-2H3,(H,29,30). The lowest BCUT2D eigenvalue weighted by atomic mass is 9.99. The maximum atomic E-state index is 12.9. The number of amides is 1. The highest BCUT2D eigenvalue weighted by atomic mass is 35.5. The molecule has 0 fully saturated rings. The van der Waals surface area contributed by atoms with Crippen LogP contribution < -0.4 is 10.6 Å². The van der Waals surface area contributed by atoms with Gasteiger partial charge in [-0.05, 0) is 61.9 Å². The number of aryl methyl sites for hydroxylation is 1. The molecule has 0 saturated heterocycles. The van der Waals surface area contributed by atoms with E-state index in [1.807, 2.05) is 72.8 Å². The first-order chi connectivity index (χ1) is 15.0. The van der Waals surface area contributed by atoms with Crippen LogP contribution in [-0.2, 0) is 0 Å². The Hall–Kier alpha value is -3.15. The summed E-state index contributed by atoms with van der Waals surface area (Å²) < 4.78 is 0. The minimum Gasteiger partial charge on any atom is -0.373 e. The number of nitrogens with zero attached hydrogens (tertiary/aromatic N) is 1. The van der Waals surface area contributed by atoms with Crippen LogP contribution in [0.3, 0.4) is 0 Å². The van der Waals surface area contributed by atoms with Gasteiger partial charge in [0.1, 0.15) is 5.00 Å². The van der Waals surface area contributed by atoms with E-state index in [0.29, 0.717) is 10.6 Å². The van der Waals surface area contributed by atoms with Crippen LogP contribution in [0.2, 0.25) is 5.02 Å². The number of hydrogen-bond acceptors (Lipinski definition) is 4. The van der Waals surface area contributed by atoms with Crippen LogP contribution in [0.4, 0.5) is 10.7 Å². The number of pyridine rings is 1. The van der Waals surface area contributed by atoms with Crippen molar-refractivity contribution in [2.24, 2.45) is 0 Å². The van der Waals surface area contributed by atoms with E-state index in [1.54, 1.807) is 17.5 Å². The quantitative estimate of drug-likeness (QED) is 0.339. The monoisotopic (exact) mass is 447 g/mol. The van der Waals surface area contributed by atoms with Crippen molar-refractivity contribution < 1.29 is 4.79 Å². The molecule has 1 unspecified atom stereocenters. The molecule has 0 saturated carbocycles. The molecule has 0 aliphatic carbocycles. The van der Waals surface area contributed by atoms with Crippen LogP contribution in [0.1, 0.15) is 38.1 Å². The molecule has 0 spiro atoms. The largest absolute Gasteiger partial charge is 0.373 e. The molecule has 2 N–H and O–H groups in total. The van der Waals surface area contributed by atoms with Gasteiger partial charge in [0, 0.05) is 32.9 Å². The van der Waals surface area contributed by atoms with Gasteiger partial charge in [-0.1, -0.05) is 41.9 Å². The fourth-order valence-corrected chi connectivity index (χ4v) is 4.72. The molecule has 1 atom stereocenters. The van der Waals surface area contributed by atoms with E-state index in [0.717, 1.165) is 32.4 Å². The highest BCUT2D eigenvalue weighted by Crippen LogP contribution is 2.40. The average molecular weight is 448 g/mol. The number of thiophene rings is 1. The third kappa shape index (κ3) is 4.79. The Morgan fingerprint density at radius 3 is 2.48 bits per heavy atom. The molecule has 4 rings (SSSR count). The van der Waals surface area contributed by atoms with Gasteiger partial charge in [-0.2, -0.15) is 0 Å². The molecular weight excluding hydrogens is 426 g/mol. The van der Waals surface area contributed by atoms with E-state index in [2.05, 4.69) is 29.5 Å². The summed E-state index contributed by atoms with van der Waals surface area (Å²) in [6.45, 7) is 4.14. The Morgan fingerprint density at radius 2 is 1.77 bits per heavy atom. The maximum absolute atomic E-state index is 12.9. The molecule has 4 aromatic rings. The van der Waals surface area contributed by atoms with Crippen LogP contribution >= 0.6 is 22.9 Å². The SMILES string of the molecule is Cc1sc(NC(=O)c2ccccc2)c(C(Nc2cccc(Cl)c2)c2ccccn2)c1C. The van der Waals surface area contributed by atoms with E-state index < -0.39 is 0 Å². The highest BCUT2D eigenvalue weighted by Gasteiger charge is 2.25. The minimum atomic E-state index is -0.254. The molecule has 0 radical (unpaired) electrons. The first kappa shape index (κ1) is 21.1. The lowest BCUT2D eigenvalue weighted by Gasteiger charge is -2.22. The van der Waals surface area contributed by atoms with Crippen molar-refractivity contribution in [2.75, 3.05) is 10.6 Å². The van der Waals surface area contributed by atoms with Gasteiger partial charge in [0.15, 0.2) is 0 Å². The first-order valence-electron chi connectivity index (χ1n) is 9.92.